The Balaban J connectivity index is 2.13. The van der Waals surface area contributed by atoms with Gasteiger partial charge in [0.1, 0.15) is 0 Å². The maximum Gasteiger partial charge on any atom is 0.0847 e. The number of benzene rings is 1. The van der Waals surface area contributed by atoms with E-state index in [1.165, 1.54) is 36.8 Å². The zero-order valence-electron chi connectivity index (χ0n) is 12.8. The second-order valence-electron chi connectivity index (χ2n) is 6.09. The summed E-state index contributed by atoms with van der Waals surface area (Å²) in [4.78, 5) is 0. The fourth-order valence-corrected chi connectivity index (χ4v) is 3.38. The lowest BCUT2D eigenvalue weighted by Crippen LogP contribution is -2.55. The molecule has 1 unspecified atom stereocenters. The number of ether oxygens (including phenoxy) is 1. The fourth-order valence-electron chi connectivity index (χ4n) is 3.38. The van der Waals surface area contributed by atoms with Crippen LogP contribution in [0.5, 0.6) is 0 Å². The normalized spacial score (nSPS) is 20.4. The predicted octanol–water partition coefficient (Wildman–Crippen LogP) is 3.11. The molecule has 1 atom stereocenters. The van der Waals surface area contributed by atoms with E-state index in [0.717, 1.165) is 19.3 Å². The first kappa shape index (κ1) is 15.5. The molecule has 0 aliphatic heterocycles. The summed E-state index contributed by atoms with van der Waals surface area (Å²) in [5.41, 5.74) is 5.53. The molecule has 0 amide bonds. The van der Waals surface area contributed by atoms with Crippen molar-refractivity contribution in [1.29, 1.82) is 0 Å². The van der Waals surface area contributed by atoms with E-state index >= 15 is 0 Å². The predicted molar refractivity (Wildman–Crippen MR) is 83.4 cm³/mol. The lowest BCUT2D eigenvalue weighted by molar-refractivity contribution is -0.0527. The Morgan fingerprint density at radius 3 is 2.25 bits per heavy atom. The quantitative estimate of drug-likeness (QED) is 0.493. The molecule has 1 saturated carbocycles. The van der Waals surface area contributed by atoms with Gasteiger partial charge in [0.05, 0.1) is 11.6 Å². The first-order valence-corrected chi connectivity index (χ1v) is 7.77. The smallest absolute Gasteiger partial charge is 0.0847 e. The minimum Gasteiger partial charge on any atom is -0.377 e. The molecule has 0 radical (unpaired) electrons. The van der Waals surface area contributed by atoms with Crippen molar-refractivity contribution in [3.8, 4) is 0 Å². The van der Waals surface area contributed by atoms with Crippen LogP contribution < -0.4 is 11.3 Å². The van der Waals surface area contributed by atoms with Crippen LogP contribution in [0.15, 0.2) is 24.3 Å². The molecule has 3 heteroatoms. The van der Waals surface area contributed by atoms with Crippen LogP contribution in [0, 0.1) is 6.92 Å². The van der Waals surface area contributed by atoms with Gasteiger partial charge in [-0.25, -0.2) is 0 Å². The molecule has 3 nitrogen and oxygen atoms in total. The van der Waals surface area contributed by atoms with Crippen molar-refractivity contribution in [2.45, 2.75) is 63.5 Å². The van der Waals surface area contributed by atoms with Crippen LogP contribution in [0.2, 0.25) is 0 Å². The number of hydrazine groups is 1. The molecular formula is C17H28N2O. The van der Waals surface area contributed by atoms with E-state index in [1.807, 2.05) is 7.11 Å². The van der Waals surface area contributed by atoms with Gasteiger partial charge in [-0.3, -0.25) is 11.3 Å². The molecular weight excluding hydrogens is 248 g/mol. The van der Waals surface area contributed by atoms with Gasteiger partial charge in [-0.2, -0.15) is 0 Å². The minimum absolute atomic E-state index is 0.115. The monoisotopic (exact) mass is 276 g/mol. The van der Waals surface area contributed by atoms with E-state index in [4.69, 9.17) is 10.6 Å². The highest BCUT2D eigenvalue weighted by atomic mass is 16.5. The van der Waals surface area contributed by atoms with Crippen LogP contribution >= 0.6 is 0 Å². The van der Waals surface area contributed by atoms with Crippen molar-refractivity contribution < 1.29 is 4.74 Å². The summed E-state index contributed by atoms with van der Waals surface area (Å²) < 4.78 is 5.97. The van der Waals surface area contributed by atoms with E-state index in [0.29, 0.717) is 0 Å². The van der Waals surface area contributed by atoms with Crippen molar-refractivity contribution in [2.24, 2.45) is 5.84 Å². The third-order valence-corrected chi connectivity index (χ3v) is 4.75. The highest BCUT2D eigenvalue weighted by Crippen LogP contribution is 2.34. The van der Waals surface area contributed by atoms with E-state index in [1.54, 1.807) is 0 Å². The zero-order valence-corrected chi connectivity index (χ0v) is 12.8. The Hall–Kier alpha value is -0.900. The van der Waals surface area contributed by atoms with E-state index in [2.05, 4.69) is 36.6 Å². The number of hydrogen-bond donors (Lipinski definition) is 2. The van der Waals surface area contributed by atoms with Gasteiger partial charge in [-0.15, -0.1) is 0 Å². The third-order valence-electron chi connectivity index (χ3n) is 4.75. The number of nitrogens with two attached hydrogens (primary N) is 1. The van der Waals surface area contributed by atoms with Crippen molar-refractivity contribution in [1.82, 2.24) is 5.43 Å². The fraction of sp³-hybridized carbons (Fsp3) is 0.647. The Kier molecular flexibility index (Phi) is 5.58. The Morgan fingerprint density at radius 2 is 1.75 bits per heavy atom. The van der Waals surface area contributed by atoms with Gasteiger partial charge in [-0.05, 0) is 31.7 Å². The number of hydrogen-bond acceptors (Lipinski definition) is 3. The molecule has 3 N–H and O–H groups in total. The van der Waals surface area contributed by atoms with Crippen molar-refractivity contribution in [3.05, 3.63) is 35.4 Å². The summed E-state index contributed by atoms with van der Waals surface area (Å²) in [5.74, 6) is 5.86. The number of aryl methyl sites for hydroxylation is 1. The molecule has 0 heterocycles. The van der Waals surface area contributed by atoms with Crippen molar-refractivity contribution in [3.63, 3.8) is 0 Å². The van der Waals surface area contributed by atoms with E-state index < -0.39 is 0 Å². The Labute approximate surface area is 122 Å². The van der Waals surface area contributed by atoms with Crippen LogP contribution in [0.1, 0.15) is 49.7 Å². The highest BCUT2D eigenvalue weighted by Gasteiger charge is 2.38. The first-order valence-electron chi connectivity index (χ1n) is 7.77. The minimum atomic E-state index is -0.115. The maximum atomic E-state index is 5.97. The first-order chi connectivity index (χ1) is 9.70. The highest BCUT2D eigenvalue weighted by molar-refractivity contribution is 5.22. The topological polar surface area (TPSA) is 47.3 Å². The maximum absolute atomic E-state index is 5.97. The molecule has 1 aromatic rings. The van der Waals surface area contributed by atoms with Gasteiger partial charge in [0.15, 0.2) is 0 Å². The molecule has 0 bridgehead atoms. The number of methoxy groups -OCH3 is 1. The molecule has 0 aromatic heterocycles. The second kappa shape index (κ2) is 7.21. The van der Waals surface area contributed by atoms with Gasteiger partial charge in [0.25, 0.3) is 0 Å². The molecule has 1 aromatic carbocycles. The molecule has 0 spiro atoms. The van der Waals surface area contributed by atoms with Crippen LogP contribution in [-0.4, -0.2) is 18.8 Å². The summed E-state index contributed by atoms with van der Waals surface area (Å²) in [6.07, 6.45) is 8.22. The average Bonchev–Trinajstić information content (AvgIpc) is 2.73. The Morgan fingerprint density at radius 1 is 1.15 bits per heavy atom. The van der Waals surface area contributed by atoms with Crippen LogP contribution in [0.3, 0.4) is 0 Å². The second-order valence-corrected chi connectivity index (χ2v) is 6.09. The largest absolute Gasteiger partial charge is 0.377 e. The summed E-state index contributed by atoms with van der Waals surface area (Å²) in [6, 6.07) is 8.89. The van der Waals surface area contributed by atoms with Gasteiger partial charge >= 0.3 is 0 Å². The number of nitrogens with one attached hydrogen (secondary N) is 1. The summed E-state index contributed by atoms with van der Waals surface area (Å²) in [6.45, 7) is 2.12. The molecule has 112 valence electrons. The third kappa shape index (κ3) is 3.60. The SMILES string of the molecule is COC1(C(Cc2ccc(C)cc2)NN)CCCCCC1. The van der Waals surface area contributed by atoms with Crippen molar-refractivity contribution >= 4 is 0 Å². The van der Waals surface area contributed by atoms with Gasteiger partial charge in [-0.1, -0.05) is 55.5 Å². The summed E-state index contributed by atoms with van der Waals surface area (Å²) in [7, 11) is 1.84. The summed E-state index contributed by atoms with van der Waals surface area (Å²) in [5, 5.41) is 0. The molecule has 20 heavy (non-hydrogen) atoms. The molecule has 1 aliphatic carbocycles. The lowest BCUT2D eigenvalue weighted by Gasteiger charge is -2.39. The van der Waals surface area contributed by atoms with Gasteiger partial charge in [0.2, 0.25) is 0 Å². The molecule has 1 fully saturated rings. The lowest BCUT2D eigenvalue weighted by atomic mass is 9.83. The Bertz CT molecular complexity index is 394. The number of rotatable bonds is 5. The standard InChI is InChI=1S/C17H28N2O/c1-14-7-9-15(10-8-14)13-16(19-18)17(20-2)11-5-3-4-6-12-17/h7-10,16,19H,3-6,11-13,18H2,1-2H3. The molecule has 1 aliphatic rings. The molecule has 0 saturated heterocycles. The summed E-state index contributed by atoms with van der Waals surface area (Å²) >= 11 is 0. The van der Waals surface area contributed by atoms with Gasteiger partial charge in [0, 0.05) is 7.11 Å². The van der Waals surface area contributed by atoms with Gasteiger partial charge < -0.3 is 4.74 Å². The van der Waals surface area contributed by atoms with E-state index in [9.17, 15) is 0 Å². The van der Waals surface area contributed by atoms with Crippen molar-refractivity contribution in [2.75, 3.05) is 7.11 Å². The van der Waals surface area contributed by atoms with Crippen LogP contribution in [-0.2, 0) is 11.2 Å². The zero-order chi connectivity index (χ0) is 14.4. The van der Waals surface area contributed by atoms with Crippen LogP contribution in [0.25, 0.3) is 0 Å². The van der Waals surface area contributed by atoms with Crippen LogP contribution in [0.4, 0.5) is 0 Å². The molecule has 2 rings (SSSR count). The average molecular weight is 276 g/mol. The van der Waals surface area contributed by atoms with E-state index in [-0.39, 0.29) is 11.6 Å².